The molecule has 0 aromatic rings. The zero-order valence-electron chi connectivity index (χ0n) is 11.5. The van der Waals surface area contributed by atoms with E-state index < -0.39 is 18.2 Å². The first kappa shape index (κ1) is 17.3. The fraction of sp³-hybridized carbons (Fsp3) is 0.917. The van der Waals surface area contributed by atoms with Gasteiger partial charge in [0.15, 0.2) is 6.10 Å². The molecule has 0 aromatic heterocycles. The summed E-state index contributed by atoms with van der Waals surface area (Å²) in [6, 6.07) is 0.498. The predicted octanol–water partition coefficient (Wildman–Crippen LogP) is -0.497. The van der Waals surface area contributed by atoms with Crippen molar-refractivity contribution in [1.82, 2.24) is 10.2 Å². The maximum atomic E-state index is 10.4. The Labute approximate surface area is 109 Å². The number of β-amino-alcohol motifs (C(OH)–C–C–N with tert-alkyl or cyclic N) is 1. The molecule has 18 heavy (non-hydrogen) atoms. The zero-order chi connectivity index (χ0) is 14.1. The minimum Gasteiger partial charge on any atom is -0.479 e. The number of nitrogens with one attached hydrogen (secondary N) is 1. The van der Waals surface area contributed by atoms with Gasteiger partial charge in [-0.3, -0.25) is 0 Å². The number of hydrogen-bond donors (Lipinski definition) is 4. The van der Waals surface area contributed by atoms with E-state index in [1.54, 1.807) is 0 Å². The Hall–Kier alpha value is -0.690. The molecular weight excluding hydrogens is 236 g/mol. The summed E-state index contributed by atoms with van der Waals surface area (Å²) < 4.78 is 0. The fourth-order valence-corrected chi connectivity index (χ4v) is 1.93. The van der Waals surface area contributed by atoms with Crippen molar-refractivity contribution in [3.05, 3.63) is 0 Å². The summed E-state index contributed by atoms with van der Waals surface area (Å²) in [5.41, 5.74) is 0. The quantitative estimate of drug-likeness (QED) is 0.534. The second-order valence-corrected chi connectivity index (χ2v) is 4.21. The SMILES string of the molecule is CC.CNC1CCN(CC(O)C(O)C(=O)O)CC1. The summed E-state index contributed by atoms with van der Waals surface area (Å²) in [7, 11) is 1.92. The molecule has 1 saturated heterocycles. The third kappa shape index (κ3) is 5.77. The van der Waals surface area contributed by atoms with Crippen LogP contribution >= 0.6 is 0 Å². The number of nitrogens with zero attached hydrogens (tertiary/aromatic N) is 1. The second kappa shape index (κ2) is 9.27. The number of carbonyl (C=O) groups is 1. The highest BCUT2D eigenvalue weighted by Gasteiger charge is 2.27. The van der Waals surface area contributed by atoms with Crippen LogP contribution in [0.2, 0.25) is 0 Å². The van der Waals surface area contributed by atoms with Crippen molar-refractivity contribution in [3.8, 4) is 0 Å². The highest BCUT2D eigenvalue weighted by Crippen LogP contribution is 2.11. The maximum absolute atomic E-state index is 10.4. The fourth-order valence-electron chi connectivity index (χ4n) is 1.93. The minimum absolute atomic E-state index is 0.212. The Balaban J connectivity index is 0.00000137. The zero-order valence-corrected chi connectivity index (χ0v) is 11.5. The number of aliphatic carboxylic acids is 1. The van der Waals surface area contributed by atoms with E-state index in [0.29, 0.717) is 6.04 Å². The van der Waals surface area contributed by atoms with Crippen LogP contribution in [0, 0.1) is 0 Å². The van der Waals surface area contributed by atoms with Gasteiger partial charge in [0.25, 0.3) is 0 Å². The Morgan fingerprint density at radius 3 is 2.22 bits per heavy atom. The number of hydrogen-bond acceptors (Lipinski definition) is 5. The van der Waals surface area contributed by atoms with Gasteiger partial charge in [0.05, 0.1) is 0 Å². The van der Waals surface area contributed by atoms with Gasteiger partial charge < -0.3 is 25.5 Å². The molecule has 1 aliphatic heterocycles. The van der Waals surface area contributed by atoms with Crippen molar-refractivity contribution in [2.45, 2.75) is 44.9 Å². The molecule has 6 nitrogen and oxygen atoms in total. The second-order valence-electron chi connectivity index (χ2n) is 4.21. The van der Waals surface area contributed by atoms with Gasteiger partial charge in [-0.2, -0.15) is 0 Å². The number of rotatable bonds is 5. The van der Waals surface area contributed by atoms with E-state index >= 15 is 0 Å². The van der Waals surface area contributed by atoms with Crippen LogP contribution in [-0.2, 0) is 4.79 Å². The largest absolute Gasteiger partial charge is 0.479 e. The van der Waals surface area contributed by atoms with Crippen LogP contribution in [0.25, 0.3) is 0 Å². The Kier molecular flexibility index (Phi) is 8.91. The lowest BCUT2D eigenvalue weighted by molar-refractivity contribution is -0.153. The molecule has 2 unspecified atom stereocenters. The summed E-state index contributed by atoms with van der Waals surface area (Å²) in [4.78, 5) is 12.4. The van der Waals surface area contributed by atoms with Crippen LogP contribution in [0.5, 0.6) is 0 Å². The van der Waals surface area contributed by atoms with E-state index in [1.165, 1.54) is 0 Å². The predicted molar refractivity (Wildman–Crippen MR) is 69.5 cm³/mol. The molecule has 4 N–H and O–H groups in total. The molecule has 0 saturated carbocycles. The van der Waals surface area contributed by atoms with Crippen LogP contribution < -0.4 is 5.32 Å². The van der Waals surface area contributed by atoms with Crippen molar-refractivity contribution in [1.29, 1.82) is 0 Å². The third-order valence-electron chi connectivity index (χ3n) is 3.06. The Morgan fingerprint density at radius 2 is 1.83 bits per heavy atom. The van der Waals surface area contributed by atoms with E-state index in [4.69, 9.17) is 10.2 Å². The number of likely N-dealkylation sites (tertiary alicyclic amines) is 1. The smallest absolute Gasteiger partial charge is 0.335 e. The van der Waals surface area contributed by atoms with Gasteiger partial charge in [0, 0.05) is 12.6 Å². The summed E-state index contributed by atoms with van der Waals surface area (Å²) in [6.45, 7) is 5.84. The molecule has 0 radical (unpaired) electrons. The molecule has 2 atom stereocenters. The first-order valence-corrected chi connectivity index (χ1v) is 6.53. The van der Waals surface area contributed by atoms with Crippen LogP contribution in [0.1, 0.15) is 26.7 Å². The normalized spacial score (nSPS) is 20.7. The summed E-state index contributed by atoms with van der Waals surface area (Å²) in [5, 5.41) is 30.3. The number of carboxylic acid groups (broad SMARTS) is 1. The number of piperidine rings is 1. The highest BCUT2D eigenvalue weighted by atomic mass is 16.4. The molecule has 6 heteroatoms. The highest BCUT2D eigenvalue weighted by molar-refractivity contribution is 5.72. The van der Waals surface area contributed by atoms with E-state index in [9.17, 15) is 9.90 Å². The molecule has 1 heterocycles. The van der Waals surface area contributed by atoms with Crippen molar-refractivity contribution in [3.63, 3.8) is 0 Å². The first-order chi connectivity index (χ1) is 8.54. The first-order valence-electron chi connectivity index (χ1n) is 6.53. The lowest BCUT2D eigenvalue weighted by atomic mass is 10.0. The molecule has 0 bridgehead atoms. The average molecular weight is 262 g/mol. The molecule has 0 aliphatic carbocycles. The van der Waals surface area contributed by atoms with Crippen LogP contribution in [0.15, 0.2) is 0 Å². The summed E-state index contributed by atoms with van der Waals surface area (Å²) >= 11 is 0. The Morgan fingerprint density at radius 1 is 1.33 bits per heavy atom. The van der Waals surface area contributed by atoms with Crippen LogP contribution in [0.3, 0.4) is 0 Å². The number of aliphatic hydroxyl groups is 2. The molecule has 1 fully saturated rings. The van der Waals surface area contributed by atoms with E-state index in [-0.39, 0.29) is 6.54 Å². The van der Waals surface area contributed by atoms with Crippen molar-refractivity contribution in [2.24, 2.45) is 0 Å². The van der Waals surface area contributed by atoms with E-state index in [2.05, 4.69) is 5.32 Å². The lowest BCUT2D eigenvalue weighted by Crippen LogP contribution is -2.47. The minimum atomic E-state index is -1.69. The molecule has 108 valence electrons. The van der Waals surface area contributed by atoms with Gasteiger partial charge in [-0.1, -0.05) is 13.8 Å². The van der Waals surface area contributed by atoms with E-state index in [0.717, 1.165) is 25.9 Å². The van der Waals surface area contributed by atoms with Gasteiger partial charge in [0.1, 0.15) is 6.10 Å². The van der Waals surface area contributed by atoms with Crippen molar-refractivity contribution in [2.75, 3.05) is 26.7 Å². The number of aliphatic hydroxyl groups excluding tert-OH is 2. The Bertz CT molecular complexity index is 230. The number of carboxylic acids is 1. The van der Waals surface area contributed by atoms with Crippen LogP contribution in [-0.4, -0.2) is 71.1 Å². The summed E-state index contributed by atoms with van der Waals surface area (Å²) in [5.74, 6) is -1.38. The average Bonchev–Trinajstić information content (AvgIpc) is 2.40. The van der Waals surface area contributed by atoms with Crippen molar-refractivity contribution < 1.29 is 20.1 Å². The van der Waals surface area contributed by atoms with Crippen molar-refractivity contribution >= 4 is 5.97 Å². The van der Waals surface area contributed by atoms with E-state index in [1.807, 2.05) is 25.8 Å². The molecule has 0 spiro atoms. The summed E-state index contributed by atoms with van der Waals surface area (Å²) in [6.07, 6.45) is -0.954. The maximum Gasteiger partial charge on any atom is 0.335 e. The van der Waals surface area contributed by atoms with Crippen LogP contribution in [0.4, 0.5) is 0 Å². The van der Waals surface area contributed by atoms with Gasteiger partial charge in [0.2, 0.25) is 0 Å². The molecule has 1 rings (SSSR count). The topological polar surface area (TPSA) is 93.0 Å². The lowest BCUT2D eigenvalue weighted by Gasteiger charge is -2.33. The molecule has 0 amide bonds. The molecule has 1 aliphatic rings. The third-order valence-corrected chi connectivity index (χ3v) is 3.06. The monoisotopic (exact) mass is 262 g/mol. The molecular formula is C12H26N2O4. The van der Waals surface area contributed by atoms with Gasteiger partial charge >= 0.3 is 5.97 Å². The van der Waals surface area contributed by atoms with Gasteiger partial charge in [-0.05, 0) is 33.0 Å². The molecule has 0 aromatic carbocycles. The van der Waals surface area contributed by atoms with Gasteiger partial charge in [-0.25, -0.2) is 4.79 Å². The standard InChI is InChI=1S/C10H20N2O4.C2H6/c1-11-7-2-4-12(5-3-7)6-8(13)9(14)10(15)16;1-2/h7-9,11,13-14H,2-6H2,1H3,(H,15,16);1-2H3. The van der Waals surface area contributed by atoms with Gasteiger partial charge in [-0.15, -0.1) is 0 Å².